The van der Waals surface area contributed by atoms with E-state index in [2.05, 4.69) is 0 Å². The van der Waals surface area contributed by atoms with Gasteiger partial charge in [0, 0.05) is 18.4 Å². The molecule has 0 aliphatic heterocycles. The molecule has 2 heteroatoms. The number of halogens is 1. The second-order valence-electron chi connectivity index (χ2n) is 4.63. The molecule has 0 aromatic heterocycles. The van der Waals surface area contributed by atoms with Crippen LogP contribution in [-0.2, 0) is 18.4 Å². The summed E-state index contributed by atoms with van der Waals surface area (Å²) in [6, 6.07) is 14.4. The lowest BCUT2D eigenvalue weighted by atomic mass is 9.90. The van der Waals surface area contributed by atoms with E-state index < -0.39 is 5.60 Å². The highest BCUT2D eigenvalue weighted by atomic mass is 19.1. The van der Waals surface area contributed by atoms with E-state index in [0.29, 0.717) is 18.4 Å². The summed E-state index contributed by atoms with van der Waals surface area (Å²) in [5.74, 6) is -0.331. The van der Waals surface area contributed by atoms with Crippen LogP contribution in [0.15, 0.2) is 48.5 Å². The smallest absolute Gasteiger partial charge is 0.129 e. The third kappa shape index (κ3) is 1.65. The Morgan fingerprint density at radius 2 is 1.41 bits per heavy atom. The zero-order valence-electron chi connectivity index (χ0n) is 9.36. The van der Waals surface area contributed by atoms with Crippen molar-refractivity contribution in [3.8, 4) is 0 Å². The Hall–Kier alpha value is -1.67. The van der Waals surface area contributed by atoms with Crippen molar-refractivity contribution in [2.24, 2.45) is 0 Å². The van der Waals surface area contributed by atoms with E-state index in [1.54, 1.807) is 18.2 Å². The second-order valence-corrected chi connectivity index (χ2v) is 4.63. The first-order chi connectivity index (χ1) is 8.19. The summed E-state index contributed by atoms with van der Waals surface area (Å²) in [6.07, 6.45) is 0.980. The molecule has 3 rings (SSSR count). The van der Waals surface area contributed by atoms with Crippen LogP contribution >= 0.6 is 0 Å². The average molecular weight is 228 g/mol. The number of benzene rings is 2. The van der Waals surface area contributed by atoms with Gasteiger partial charge in [0.05, 0.1) is 0 Å². The van der Waals surface area contributed by atoms with Crippen LogP contribution in [0.4, 0.5) is 4.39 Å². The largest absolute Gasteiger partial charge is 0.384 e. The molecule has 2 aromatic rings. The monoisotopic (exact) mass is 228 g/mol. The third-order valence-electron chi connectivity index (χ3n) is 3.46. The number of rotatable bonds is 1. The minimum absolute atomic E-state index is 0.331. The zero-order chi connectivity index (χ0) is 11.9. The Bertz CT molecular complexity index is 537. The first-order valence-electron chi connectivity index (χ1n) is 5.73. The molecule has 86 valence electrons. The Kier molecular flexibility index (Phi) is 2.26. The van der Waals surface area contributed by atoms with Crippen LogP contribution in [0.1, 0.15) is 16.7 Å². The fourth-order valence-electron chi connectivity index (χ4n) is 2.62. The topological polar surface area (TPSA) is 20.2 Å². The van der Waals surface area contributed by atoms with E-state index in [1.807, 2.05) is 24.3 Å². The zero-order valence-corrected chi connectivity index (χ0v) is 9.36. The van der Waals surface area contributed by atoms with Crippen molar-refractivity contribution >= 4 is 0 Å². The van der Waals surface area contributed by atoms with Crippen molar-refractivity contribution in [1.82, 2.24) is 0 Å². The van der Waals surface area contributed by atoms with Gasteiger partial charge in [0.1, 0.15) is 11.4 Å². The van der Waals surface area contributed by atoms with E-state index in [0.717, 1.165) is 11.1 Å². The molecule has 0 saturated carbocycles. The minimum atomic E-state index is -1.09. The van der Waals surface area contributed by atoms with E-state index >= 15 is 0 Å². The van der Waals surface area contributed by atoms with Gasteiger partial charge in [-0.25, -0.2) is 4.39 Å². The molecule has 1 aliphatic carbocycles. The van der Waals surface area contributed by atoms with Gasteiger partial charge < -0.3 is 5.11 Å². The predicted octanol–water partition coefficient (Wildman–Crippen LogP) is 2.81. The van der Waals surface area contributed by atoms with Crippen molar-refractivity contribution < 1.29 is 9.50 Å². The van der Waals surface area contributed by atoms with Gasteiger partial charge in [-0.3, -0.25) is 0 Å². The molecule has 1 aliphatic rings. The van der Waals surface area contributed by atoms with E-state index in [9.17, 15) is 9.50 Å². The lowest BCUT2D eigenvalue weighted by molar-refractivity contribution is 0.0445. The Labute approximate surface area is 99.5 Å². The van der Waals surface area contributed by atoms with Crippen molar-refractivity contribution in [1.29, 1.82) is 0 Å². The standard InChI is InChI=1S/C15H13FO/c16-14-8-4-3-7-13(14)15(17)9-11-5-1-2-6-12(11)10-15/h1-8,17H,9-10H2. The lowest BCUT2D eigenvalue weighted by Gasteiger charge is -2.23. The van der Waals surface area contributed by atoms with E-state index in [4.69, 9.17) is 0 Å². The first kappa shape index (κ1) is 10.5. The maximum absolute atomic E-state index is 13.7. The molecule has 0 heterocycles. The van der Waals surface area contributed by atoms with Crippen molar-refractivity contribution in [2.75, 3.05) is 0 Å². The van der Waals surface area contributed by atoms with Gasteiger partial charge in [0.15, 0.2) is 0 Å². The molecular weight excluding hydrogens is 215 g/mol. The lowest BCUT2D eigenvalue weighted by Crippen LogP contribution is -2.27. The second kappa shape index (κ2) is 3.67. The fraction of sp³-hybridized carbons (Fsp3) is 0.200. The molecule has 0 amide bonds. The summed E-state index contributed by atoms with van der Waals surface area (Å²) in [5.41, 5.74) is 1.53. The molecule has 0 spiro atoms. The van der Waals surface area contributed by atoms with Gasteiger partial charge in [-0.1, -0.05) is 42.5 Å². The SMILES string of the molecule is OC1(c2ccccc2F)Cc2ccccc2C1. The van der Waals surface area contributed by atoms with Gasteiger partial charge in [0.2, 0.25) is 0 Å². The molecule has 1 nitrogen and oxygen atoms in total. The molecule has 2 aromatic carbocycles. The van der Waals surface area contributed by atoms with Crippen LogP contribution in [0.3, 0.4) is 0 Å². The first-order valence-corrected chi connectivity index (χ1v) is 5.73. The molecule has 0 radical (unpaired) electrons. The summed E-state index contributed by atoms with van der Waals surface area (Å²) in [5, 5.41) is 10.6. The van der Waals surface area contributed by atoms with Crippen LogP contribution in [0.25, 0.3) is 0 Å². The van der Waals surface area contributed by atoms with E-state index in [-0.39, 0.29) is 5.82 Å². The minimum Gasteiger partial charge on any atom is -0.384 e. The van der Waals surface area contributed by atoms with Crippen LogP contribution in [0.5, 0.6) is 0 Å². The Morgan fingerprint density at radius 1 is 0.882 bits per heavy atom. The number of aliphatic hydroxyl groups is 1. The highest BCUT2D eigenvalue weighted by molar-refractivity contribution is 5.40. The van der Waals surface area contributed by atoms with Crippen LogP contribution in [0.2, 0.25) is 0 Å². The number of fused-ring (bicyclic) bond motifs is 1. The molecule has 0 bridgehead atoms. The van der Waals surface area contributed by atoms with Crippen LogP contribution < -0.4 is 0 Å². The van der Waals surface area contributed by atoms with Gasteiger partial charge in [-0.2, -0.15) is 0 Å². The van der Waals surface area contributed by atoms with Gasteiger partial charge >= 0.3 is 0 Å². The summed E-state index contributed by atoms with van der Waals surface area (Å²) in [6.45, 7) is 0. The van der Waals surface area contributed by atoms with E-state index in [1.165, 1.54) is 6.07 Å². The van der Waals surface area contributed by atoms with Crippen LogP contribution in [-0.4, -0.2) is 5.11 Å². The summed E-state index contributed by atoms with van der Waals surface area (Å²) in [7, 11) is 0. The molecule has 1 N–H and O–H groups in total. The van der Waals surface area contributed by atoms with Gasteiger partial charge in [-0.15, -0.1) is 0 Å². The quantitative estimate of drug-likeness (QED) is 0.795. The Balaban J connectivity index is 2.05. The maximum Gasteiger partial charge on any atom is 0.129 e. The number of hydrogen-bond donors (Lipinski definition) is 1. The van der Waals surface area contributed by atoms with Crippen molar-refractivity contribution in [3.05, 3.63) is 71.0 Å². The number of hydrogen-bond acceptors (Lipinski definition) is 1. The predicted molar refractivity (Wildman–Crippen MR) is 64.1 cm³/mol. The molecule has 0 atom stereocenters. The summed E-state index contributed by atoms with van der Waals surface area (Å²) >= 11 is 0. The molecule has 0 saturated heterocycles. The molecule has 0 unspecified atom stereocenters. The van der Waals surface area contributed by atoms with Gasteiger partial charge in [0.25, 0.3) is 0 Å². The maximum atomic E-state index is 13.7. The van der Waals surface area contributed by atoms with Crippen LogP contribution in [0, 0.1) is 5.82 Å². The molecular formula is C15H13FO. The summed E-state index contributed by atoms with van der Waals surface area (Å²) < 4.78 is 13.7. The molecule has 0 fully saturated rings. The fourth-order valence-corrected chi connectivity index (χ4v) is 2.62. The Morgan fingerprint density at radius 3 is 2.00 bits per heavy atom. The van der Waals surface area contributed by atoms with Crippen molar-refractivity contribution in [2.45, 2.75) is 18.4 Å². The average Bonchev–Trinajstić information content (AvgIpc) is 2.66. The molecule has 17 heavy (non-hydrogen) atoms. The summed E-state index contributed by atoms with van der Waals surface area (Å²) in [4.78, 5) is 0. The normalized spacial score (nSPS) is 16.8. The van der Waals surface area contributed by atoms with Crippen molar-refractivity contribution in [3.63, 3.8) is 0 Å². The highest BCUT2D eigenvalue weighted by Gasteiger charge is 2.38. The highest BCUT2D eigenvalue weighted by Crippen LogP contribution is 2.38. The third-order valence-corrected chi connectivity index (χ3v) is 3.46. The van der Waals surface area contributed by atoms with Gasteiger partial charge in [-0.05, 0) is 17.2 Å².